The lowest BCUT2D eigenvalue weighted by atomic mass is 10.1. The molecule has 3 aromatic rings. The maximum absolute atomic E-state index is 11.4. The zero-order valence-corrected chi connectivity index (χ0v) is 12.9. The van der Waals surface area contributed by atoms with E-state index < -0.39 is 11.2 Å². The topological polar surface area (TPSA) is 96.4 Å². The molecule has 0 aliphatic carbocycles. The minimum Gasteiger partial charge on any atom is -0.502 e. The minimum atomic E-state index is -0.549. The first-order valence-electron chi connectivity index (χ1n) is 6.66. The highest BCUT2D eigenvalue weighted by atomic mass is 32.1. The van der Waals surface area contributed by atoms with Crippen molar-refractivity contribution in [3.05, 3.63) is 62.9 Å². The molecule has 1 aromatic carbocycles. The highest BCUT2D eigenvalue weighted by Crippen LogP contribution is 2.21. The average Bonchev–Trinajstić information content (AvgIpc) is 2.90. The molecule has 0 bridgehead atoms. The Labute approximate surface area is 135 Å². The lowest BCUT2D eigenvalue weighted by Crippen LogP contribution is -2.01. The smallest absolute Gasteiger partial charge is 0.227 e. The van der Waals surface area contributed by atoms with Crippen LogP contribution in [0.3, 0.4) is 0 Å². The molecule has 0 aliphatic heterocycles. The summed E-state index contributed by atoms with van der Waals surface area (Å²) in [5, 5.41) is 20.3. The van der Waals surface area contributed by atoms with E-state index in [4.69, 9.17) is 16.6 Å². The summed E-state index contributed by atoms with van der Waals surface area (Å²) >= 11 is 5.18. The van der Waals surface area contributed by atoms with Crippen LogP contribution in [-0.2, 0) is 0 Å². The fraction of sp³-hybridized carbons (Fsp3) is 0.0667. The predicted molar refractivity (Wildman–Crippen MR) is 87.2 cm³/mol. The molecule has 2 aromatic heterocycles. The Hall–Kier alpha value is -3.00. The van der Waals surface area contributed by atoms with Gasteiger partial charge in [-0.3, -0.25) is 4.79 Å². The molecule has 0 amide bonds. The molecule has 23 heavy (non-hydrogen) atoms. The van der Waals surface area contributed by atoms with E-state index in [1.165, 1.54) is 10.9 Å². The van der Waals surface area contributed by atoms with E-state index in [0.29, 0.717) is 10.6 Å². The maximum Gasteiger partial charge on any atom is 0.227 e. The second kappa shape index (κ2) is 6.01. The van der Waals surface area contributed by atoms with Crippen LogP contribution in [0.5, 0.6) is 5.75 Å². The summed E-state index contributed by atoms with van der Waals surface area (Å²) in [5.41, 5.74) is 1.35. The average molecular weight is 328 g/mol. The Kier molecular flexibility index (Phi) is 3.90. The second-order valence-electron chi connectivity index (χ2n) is 4.76. The molecule has 0 fully saturated rings. The number of nitrogens with zero attached hydrogens (tertiary/aromatic N) is 3. The van der Waals surface area contributed by atoms with Gasteiger partial charge in [0.2, 0.25) is 10.2 Å². The summed E-state index contributed by atoms with van der Waals surface area (Å²) in [6.07, 6.45) is 2.29. The standard InChI is InChI=1S/C15H12N4O3S/c1-9-4-2-3-5-11(9)14-17-18-15(23)19(14)16-7-10-6-12(20)13(21)8-22-10/h2-8,21H,1H3,(H,18,23). The third-order valence-electron chi connectivity index (χ3n) is 3.17. The number of hydrogen-bond donors (Lipinski definition) is 2. The molecule has 0 saturated heterocycles. The van der Waals surface area contributed by atoms with Gasteiger partial charge < -0.3 is 9.52 Å². The number of aromatic hydroxyl groups is 1. The molecule has 7 nitrogen and oxygen atoms in total. The summed E-state index contributed by atoms with van der Waals surface area (Å²) in [4.78, 5) is 11.4. The molecular formula is C15H12N4O3S. The Morgan fingerprint density at radius 1 is 1.43 bits per heavy atom. The van der Waals surface area contributed by atoms with Crippen LogP contribution in [0, 0.1) is 11.7 Å². The Morgan fingerprint density at radius 3 is 2.96 bits per heavy atom. The van der Waals surface area contributed by atoms with Crippen LogP contribution in [0.2, 0.25) is 0 Å². The van der Waals surface area contributed by atoms with Crippen molar-refractivity contribution < 1.29 is 9.52 Å². The van der Waals surface area contributed by atoms with Crippen LogP contribution in [0.15, 0.2) is 50.9 Å². The number of nitrogens with one attached hydrogen (secondary N) is 1. The van der Waals surface area contributed by atoms with Crippen molar-refractivity contribution in [3.8, 4) is 17.1 Å². The number of aryl methyl sites for hydroxylation is 1. The molecule has 2 heterocycles. The van der Waals surface area contributed by atoms with E-state index in [0.717, 1.165) is 23.5 Å². The van der Waals surface area contributed by atoms with E-state index in [2.05, 4.69) is 15.3 Å². The molecular weight excluding hydrogens is 316 g/mol. The molecule has 3 rings (SSSR count). The number of aromatic amines is 1. The fourth-order valence-corrected chi connectivity index (χ4v) is 2.18. The molecule has 2 N–H and O–H groups in total. The van der Waals surface area contributed by atoms with Gasteiger partial charge in [0.1, 0.15) is 6.26 Å². The van der Waals surface area contributed by atoms with Crippen molar-refractivity contribution in [2.75, 3.05) is 0 Å². The van der Waals surface area contributed by atoms with Gasteiger partial charge in [0, 0.05) is 11.6 Å². The lowest BCUT2D eigenvalue weighted by molar-refractivity contribution is 0.427. The highest BCUT2D eigenvalue weighted by Gasteiger charge is 2.10. The highest BCUT2D eigenvalue weighted by molar-refractivity contribution is 7.71. The van der Waals surface area contributed by atoms with Gasteiger partial charge >= 0.3 is 0 Å². The van der Waals surface area contributed by atoms with Crippen molar-refractivity contribution in [2.24, 2.45) is 5.10 Å². The summed E-state index contributed by atoms with van der Waals surface area (Å²) in [6.45, 7) is 1.96. The molecule has 0 radical (unpaired) electrons. The van der Waals surface area contributed by atoms with E-state index in [1.807, 2.05) is 31.2 Å². The Bertz CT molecular complexity index is 1000. The van der Waals surface area contributed by atoms with Crippen LogP contribution in [0.1, 0.15) is 11.3 Å². The third-order valence-corrected chi connectivity index (χ3v) is 3.43. The minimum absolute atomic E-state index is 0.187. The van der Waals surface area contributed by atoms with E-state index in [1.54, 1.807) is 0 Å². The normalized spacial score (nSPS) is 11.2. The van der Waals surface area contributed by atoms with E-state index >= 15 is 0 Å². The van der Waals surface area contributed by atoms with Crippen LogP contribution >= 0.6 is 12.2 Å². The molecule has 0 atom stereocenters. The third kappa shape index (κ3) is 2.97. The molecule has 0 saturated carbocycles. The molecule has 116 valence electrons. The molecule has 0 spiro atoms. The number of hydrogen-bond acceptors (Lipinski definition) is 6. The van der Waals surface area contributed by atoms with Gasteiger partial charge in [-0.1, -0.05) is 24.3 Å². The second-order valence-corrected chi connectivity index (χ2v) is 5.14. The first kappa shape index (κ1) is 14.9. The van der Waals surface area contributed by atoms with Crippen LogP contribution in [0.25, 0.3) is 11.4 Å². The monoisotopic (exact) mass is 328 g/mol. The summed E-state index contributed by atoms with van der Waals surface area (Å²) < 4.78 is 6.81. The van der Waals surface area contributed by atoms with Crippen LogP contribution < -0.4 is 5.43 Å². The number of rotatable bonds is 3. The largest absolute Gasteiger partial charge is 0.502 e. The van der Waals surface area contributed by atoms with Gasteiger partial charge in [-0.05, 0) is 24.7 Å². The summed E-state index contributed by atoms with van der Waals surface area (Å²) in [5.74, 6) is 0.278. The fourth-order valence-electron chi connectivity index (χ4n) is 2.00. The van der Waals surface area contributed by atoms with E-state index in [9.17, 15) is 9.90 Å². The SMILES string of the molecule is Cc1ccccc1-c1n[nH]c(=S)n1N=Cc1cc(=O)c(O)co1. The van der Waals surface area contributed by atoms with E-state index in [-0.39, 0.29) is 5.76 Å². The maximum atomic E-state index is 11.4. The van der Waals surface area contributed by atoms with Crippen molar-refractivity contribution in [1.82, 2.24) is 14.9 Å². The summed E-state index contributed by atoms with van der Waals surface area (Å²) in [7, 11) is 0. The van der Waals surface area contributed by atoms with Crippen molar-refractivity contribution in [2.45, 2.75) is 6.92 Å². The number of aromatic nitrogens is 3. The van der Waals surface area contributed by atoms with Gasteiger partial charge in [-0.15, -0.1) is 0 Å². The molecule has 0 aliphatic rings. The first-order valence-corrected chi connectivity index (χ1v) is 7.06. The first-order chi connectivity index (χ1) is 11.1. The quantitative estimate of drug-likeness (QED) is 0.569. The van der Waals surface area contributed by atoms with Gasteiger partial charge in [0.05, 0.1) is 6.21 Å². The van der Waals surface area contributed by atoms with Gasteiger partial charge in [0.15, 0.2) is 17.3 Å². The van der Waals surface area contributed by atoms with Crippen molar-refractivity contribution >= 4 is 18.4 Å². The molecule has 8 heteroatoms. The van der Waals surface area contributed by atoms with Crippen molar-refractivity contribution in [1.29, 1.82) is 0 Å². The van der Waals surface area contributed by atoms with Gasteiger partial charge in [-0.25, -0.2) is 5.10 Å². The van der Waals surface area contributed by atoms with Crippen LogP contribution in [0.4, 0.5) is 0 Å². The van der Waals surface area contributed by atoms with Crippen LogP contribution in [-0.4, -0.2) is 26.2 Å². The van der Waals surface area contributed by atoms with Gasteiger partial charge in [0.25, 0.3) is 0 Å². The zero-order valence-electron chi connectivity index (χ0n) is 12.1. The number of H-pyrrole nitrogens is 1. The lowest BCUT2D eigenvalue weighted by Gasteiger charge is -2.04. The number of benzene rings is 1. The summed E-state index contributed by atoms with van der Waals surface area (Å²) in [6, 6.07) is 8.83. The Balaban J connectivity index is 2.04. The van der Waals surface area contributed by atoms with Crippen molar-refractivity contribution in [3.63, 3.8) is 0 Å². The predicted octanol–water partition coefficient (Wildman–Crippen LogP) is 2.46. The zero-order chi connectivity index (χ0) is 16.4. The van der Waals surface area contributed by atoms with Gasteiger partial charge in [-0.2, -0.15) is 14.9 Å². The Morgan fingerprint density at radius 2 is 2.22 bits per heavy atom. The molecule has 0 unspecified atom stereocenters.